The molecule has 0 atom stereocenters. The normalized spacial score (nSPS) is 24.0. The second kappa shape index (κ2) is 7.02. The van der Waals surface area contributed by atoms with Crippen LogP contribution in [0.15, 0.2) is 24.3 Å². The second-order valence-corrected chi connectivity index (χ2v) is 6.64. The van der Waals surface area contributed by atoms with Gasteiger partial charge in [0.25, 0.3) is 5.91 Å². The quantitative estimate of drug-likeness (QED) is 0.846. The van der Waals surface area contributed by atoms with E-state index >= 15 is 0 Å². The molecule has 0 aromatic heterocycles. The minimum absolute atomic E-state index is 0.0730. The molecule has 2 aliphatic carbocycles. The number of rotatable bonds is 6. The maximum Gasteiger partial charge on any atom is 0.306 e. The Labute approximate surface area is 136 Å². The van der Waals surface area contributed by atoms with Gasteiger partial charge in [-0.3, -0.25) is 9.59 Å². The number of carboxylic acid groups (broad SMARTS) is 1. The van der Waals surface area contributed by atoms with Crippen LogP contribution >= 0.6 is 0 Å². The lowest BCUT2D eigenvalue weighted by Crippen LogP contribution is -2.38. The predicted molar refractivity (Wildman–Crippen MR) is 85.5 cm³/mol. The van der Waals surface area contributed by atoms with Gasteiger partial charge in [-0.2, -0.15) is 0 Å². The molecule has 0 heterocycles. The highest BCUT2D eigenvalue weighted by Gasteiger charge is 2.27. The molecule has 2 aliphatic rings. The number of hydrogen-bond donors (Lipinski definition) is 2. The van der Waals surface area contributed by atoms with Crippen molar-refractivity contribution in [3.63, 3.8) is 0 Å². The number of amides is 1. The van der Waals surface area contributed by atoms with E-state index in [1.807, 2.05) is 12.1 Å². The summed E-state index contributed by atoms with van der Waals surface area (Å²) in [6.07, 6.45) is 5.23. The molecular formula is C18H23NO4. The first-order valence-corrected chi connectivity index (χ1v) is 8.38. The highest BCUT2D eigenvalue weighted by atomic mass is 16.5. The molecule has 2 N–H and O–H groups in total. The van der Waals surface area contributed by atoms with E-state index in [1.165, 1.54) is 12.8 Å². The number of nitrogens with one attached hydrogen (secondary N) is 1. The van der Waals surface area contributed by atoms with E-state index in [1.54, 1.807) is 12.1 Å². The molecule has 0 spiro atoms. The summed E-state index contributed by atoms with van der Waals surface area (Å²) in [6.45, 7) is 0.762. The zero-order valence-corrected chi connectivity index (χ0v) is 13.2. The Morgan fingerprint density at radius 2 is 1.70 bits per heavy atom. The average molecular weight is 317 g/mol. The number of carboxylic acids is 1. The van der Waals surface area contributed by atoms with Gasteiger partial charge in [0.2, 0.25) is 0 Å². The van der Waals surface area contributed by atoms with Crippen molar-refractivity contribution < 1.29 is 19.4 Å². The number of carbonyl (C=O) groups is 2. The molecule has 124 valence electrons. The van der Waals surface area contributed by atoms with Crippen LogP contribution in [0.2, 0.25) is 0 Å². The van der Waals surface area contributed by atoms with Crippen LogP contribution in [0.3, 0.4) is 0 Å². The smallest absolute Gasteiger partial charge is 0.306 e. The number of carbonyl (C=O) groups excluding carboxylic acids is 1. The summed E-state index contributed by atoms with van der Waals surface area (Å²) in [5, 5.41) is 12.0. The fourth-order valence-electron chi connectivity index (χ4n) is 2.95. The second-order valence-electron chi connectivity index (χ2n) is 6.64. The lowest BCUT2D eigenvalue weighted by molar-refractivity contribution is -0.142. The summed E-state index contributed by atoms with van der Waals surface area (Å²) >= 11 is 0. The lowest BCUT2D eigenvalue weighted by atomic mass is 9.86. The van der Waals surface area contributed by atoms with Crippen LogP contribution in [-0.4, -0.2) is 29.6 Å². The molecule has 3 rings (SSSR count). The molecule has 0 unspecified atom stereocenters. The summed E-state index contributed by atoms with van der Waals surface area (Å²) in [7, 11) is 0. The van der Waals surface area contributed by atoms with Crippen LogP contribution in [0.5, 0.6) is 5.75 Å². The molecule has 5 heteroatoms. The van der Waals surface area contributed by atoms with Crippen molar-refractivity contribution in [1.82, 2.24) is 5.32 Å². The van der Waals surface area contributed by atoms with Gasteiger partial charge in [-0.15, -0.1) is 0 Å². The molecule has 2 fully saturated rings. The maximum absolute atomic E-state index is 12.2. The Bertz CT molecular complexity index is 557. The van der Waals surface area contributed by atoms with Gasteiger partial charge < -0.3 is 15.2 Å². The summed E-state index contributed by atoms with van der Waals surface area (Å²) < 4.78 is 5.66. The Kier molecular flexibility index (Phi) is 4.84. The first-order valence-electron chi connectivity index (χ1n) is 8.38. The van der Waals surface area contributed by atoms with Crippen molar-refractivity contribution in [1.29, 1.82) is 0 Å². The van der Waals surface area contributed by atoms with Gasteiger partial charge in [0.05, 0.1) is 12.5 Å². The highest BCUT2D eigenvalue weighted by molar-refractivity contribution is 5.94. The zero-order valence-electron chi connectivity index (χ0n) is 13.2. The van der Waals surface area contributed by atoms with Gasteiger partial charge in [-0.1, -0.05) is 0 Å². The summed E-state index contributed by atoms with van der Waals surface area (Å²) in [6, 6.07) is 7.29. The SMILES string of the molecule is O=C(NC1CCC(C(=O)O)CC1)c1ccc(OCC2CC2)cc1. The predicted octanol–water partition coefficient (Wildman–Crippen LogP) is 2.85. The van der Waals surface area contributed by atoms with Crippen molar-refractivity contribution in [3.8, 4) is 5.75 Å². The molecule has 23 heavy (non-hydrogen) atoms. The van der Waals surface area contributed by atoms with E-state index in [-0.39, 0.29) is 17.9 Å². The van der Waals surface area contributed by atoms with Gasteiger partial charge in [0.15, 0.2) is 0 Å². The molecule has 1 aromatic rings. The van der Waals surface area contributed by atoms with Crippen molar-refractivity contribution in [2.75, 3.05) is 6.61 Å². The Morgan fingerprint density at radius 1 is 1.04 bits per heavy atom. The summed E-state index contributed by atoms with van der Waals surface area (Å²) in [5.41, 5.74) is 0.615. The van der Waals surface area contributed by atoms with E-state index in [4.69, 9.17) is 9.84 Å². The third-order valence-electron chi connectivity index (χ3n) is 4.71. The fraction of sp³-hybridized carbons (Fsp3) is 0.556. The van der Waals surface area contributed by atoms with E-state index in [0.717, 1.165) is 25.2 Å². The third kappa shape index (κ3) is 4.47. The number of aliphatic carboxylic acids is 1. The van der Waals surface area contributed by atoms with Crippen molar-refractivity contribution in [3.05, 3.63) is 29.8 Å². The van der Waals surface area contributed by atoms with Gasteiger partial charge >= 0.3 is 5.97 Å². The van der Waals surface area contributed by atoms with Crippen LogP contribution in [-0.2, 0) is 4.79 Å². The molecule has 1 amide bonds. The van der Waals surface area contributed by atoms with Crippen molar-refractivity contribution in [2.24, 2.45) is 11.8 Å². The highest BCUT2D eigenvalue weighted by Crippen LogP contribution is 2.29. The van der Waals surface area contributed by atoms with Crippen LogP contribution in [0, 0.1) is 11.8 Å². The van der Waals surface area contributed by atoms with E-state index in [0.29, 0.717) is 24.3 Å². The summed E-state index contributed by atoms with van der Waals surface area (Å²) in [4.78, 5) is 23.2. The van der Waals surface area contributed by atoms with E-state index in [2.05, 4.69) is 5.32 Å². The molecular weight excluding hydrogens is 294 g/mol. The standard InChI is InChI=1S/C18H23NO4/c20-17(19-15-7-3-14(4-8-15)18(21)22)13-5-9-16(10-6-13)23-11-12-1-2-12/h5-6,9-10,12,14-15H,1-4,7-8,11H2,(H,19,20)(H,21,22). The molecule has 1 aromatic carbocycles. The van der Waals surface area contributed by atoms with Gasteiger partial charge in [-0.05, 0) is 68.7 Å². The summed E-state index contributed by atoms with van der Waals surface area (Å²) in [5.74, 6) is 0.425. The number of hydrogen-bond acceptors (Lipinski definition) is 3. The van der Waals surface area contributed by atoms with Crippen LogP contribution in [0.4, 0.5) is 0 Å². The first kappa shape index (κ1) is 15.8. The van der Waals surface area contributed by atoms with E-state index < -0.39 is 5.97 Å². The third-order valence-corrected chi connectivity index (χ3v) is 4.71. The van der Waals surface area contributed by atoms with Crippen molar-refractivity contribution >= 4 is 11.9 Å². The van der Waals surface area contributed by atoms with E-state index in [9.17, 15) is 9.59 Å². The van der Waals surface area contributed by atoms with Gasteiger partial charge in [-0.25, -0.2) is 0 Å². The molecule has 0 radical (unpaired) electrons. The van der Waals surface area contributed by atoms with Gasteiger partial charge in [0.1, 0.15) is 5.75 Å². The molecule has 0 saturated heterocycles. The minimum Gasteiger partial charge on any atom is -0.493 e. The maximum atomic E-state index is 12.2. The topological polar surface area (TPSA) is 75.6 Å². The molecule has 0 aliphatic heterocycles. The Morgan fingerprint density at radius 3 is 2.26 bits per heavy atom. The number of ether oxygens (including phenoxy) is 1. The van der Waals surface area contributed by atoms with Crippen molar-refractivity contribution in [2.45, 2.75) is 44.6 Å². The zero-order chi connectivity index (χ0) is 16.2. The minimum atomic E-state index is -0.725. The molecule has 0 bridgehead atoms. The number of benzene rings is 1. The molecule has 2 saturated carbocycles. The van der Waals surface area contributed by atoms with Crippen LogP contribution in [0.1, 0.15) is 48.9 Å². The van der Waals surface area contributed by atoms with Crippen LogP contribution < -0.4 is 10.1 Å². The lowest BCUT2D eigenvalue weighted by Gasteiger charge is -2.26. The first-order chi connectivity index (χ1) is 11.1. The Hall–Kier alpha value is -2.04. The molecule has 5 nitrogen and oxygen atoms in total. The largest absolute Gasteiger partial charge is 0.493 e. The van der Waals surface area contributed by atoms with Crippen LogP contribution in [0.25, 0.3) is 0 Å². The Balaban J connectivity index is 1.47. The fourth-order valence-corrected chi connectivity index (χ4v) is 2.95. The van der Waals surface area contributed by atoms with Gasteiger partial charge in [0, 0.05) is 11.6 Å². The monoisotopic (exact) mass is 317 g/mol. The average Bonchev–Trinajstić information content (AvgIpc) is 3.38.